The van der Waals surface area contributed by atoms with Crippen molar-refractivity contribution >= 4 is 33.0 Å². The molecule has 0 aromatic heterocycles. The number of non-ortho nitro benzene ring substituents is 1. The molecule has 2 rings (SSSR count). The van der Waals surface area contributed by atoms with Gasteiger partial charge in [0.05, 0.1) is 23.5 Å². The third-order valence-corrected chi connectivity index (χ3v) is 5.04. The van der Waals surface area contributed by atoms with Crippen LogP contribution < -0.4 is 14.4 Å². The Kier molecular flexibility index (Phi) is 6.57. The topological polar surface area (TPSA) is 119 Å². The smallest absolute Gasteiger partial charge is 0.271 e. The van der Waals surface area contributed by atoms with Crippen LogP contribution >= 0.6 is 0 Å². The minimum atomic E-state index is -3.89. The van der Waals surface area contributed by atoms with E-state index in [-0.39, 0.29) is 11.4 Å². The summed E-state index contributed by atoms with van der Waals surface area (Å²) in [5.74, 6) is -0.0304. The molecule has 0 bridgehead atoms. The van der Waals surface area contributed by atoms with Crippen molar-refractivity contribution in [1.82, 2.24) is 0 Å². The van der Waals surface area contributed by atoms with Crippen LogP contribution in [0.15, 0.2) is 48.5 Å². The quantitative estimate of drug-likeness (QED) is 0.531. The molecule has 0 saturated carbocycles. The SMILES string of the molecule is CCOc1cccc(NC(=O)[C@@H](C)N(c2cccc([N+](=O)[O-])c2)S(C)(=O)=O)c1. The number of amides is 1. The fraction of sp³-hybridized carbons (Fsp3) is 0.278. The summed E-state index contributed by atoms with van der Waals surface area (Å²) in [5, 5.41) is 13.6. The van der Waals surface area contributed by atoms with Crippen molar-refractivity contribution in [3.8, 4) is 5.75 Å². The molecule has 0 aliphatic rings. The molecule has 0 unspecified atom stereocenters. The van der Waals surface area contributed by atoms with Gasteiger partial charge >= 0.3 is 0 Å². The van der Waals surface area contributed by atoms with Crippen molar-refractivity contribution in [3.63, 3.8) is 0 Å². The highest BCUT2D eigenvalue weighted by atomic mass is 32.2. The highest BCUT2D eigenvalue weighted by molar-refractivity contribution is 7.92. The minimum absolute atomic E-state index is 0.0300. The lowest BCUT2D eigenvalue weighted by Crippen LogP contribution is -2.45. The molecule has 0 heterocycles. The molecule has 9 nitrogen and oxygen atoms in total. The Morgan fingerprint density at radius 2 is 1.93 bits per heavy atom. The number of hydrogen-bond acceptors (Lipinski definition) is 6. The van der Waals surface area contributed by atoms with Crippen molar-refractivity contribution in [3.05, 3.63) is 58.6 Å². The minimum Gasteiger partial charge on any atom is -0.494 e. The normalized spacial score (nSPS) is 12.1. The number of nitro groups is 1. The van der Waals surface area contributed by atoms with Gasteiger partial charge in [-0.1, -0.05) is 12.1 Å². The van der Waals surface area contributed by atoms with E-state index in [1.807, 2.05) is 6.92 Å². The summed E-state index contributed by atoms with van der Waals surface area (Å²) in [5.41, 5.74) is 0.195. The molecule has 150 valence electrons. The lowest BCUT2D eigenvalue weighted by Gasteiger charge is -2.28. The number of benzene rings is 2. The summed E-state index contributed by atoms with van der Waals surface area (Å²) in [6.07, 6.45) is 0.936. The van der Waals surface area contributed by atoms with E-state index in [1.165, 1.54) is 25.1 Å². The van der Waals surface area contributed by atoms with Crippen LogP contribution in [0.4, 0.5) is 17.1 Å². The lowest BCUT2D eigenvalue weighted by molar-refractivity contribution is -0.384. The summed E-state index contributed by atoms with van der Waals surface area (Å²) >= 11 is 0. The second-order valence-electron chi connectivity index (χ2n) is 5.96. The number of rotatable bonds is 8. The Balaban J connectivity index is 2.32. The van der Waals surface area contributed by atoms with E-state index < -0.39 is 26.9 Å². The Bertz CT molecular complexity index is 977. The van der Waals surface area contributed by atoms with Gasteiger partial charge < -0.3 is 10.1 Å². The average Bonchev–Trinajstić information content (AvgIpc) is 2.61. The molecule has 28 heavy (non-hydrogen) atoms. The molecule has 0 spiro atoms. The molecule has 2 aromatic carbocycles. The molecule has 0 aliphatic carbocycles. The van der Waals surface area contributed by atoms with E-state index in [2.05, 4.69) is 5.32 Å². The highest BCUT2D eigenvalue weighted by Crippen LogP contribution is 2.26. The number of anilines is 2. The Labute approximate surface area is 163 Å². The van der Waals surface area contributed by atoms with Crippen molar-refractivity contribution in [2.75, 3.05) is 22.5 Å². The molecular formula is C18H21N3O6S. The number of sulfonamides is 1. The van der Waals surface area contributed by atoms with Crippen LogP contribution in [-0.4, -0.2) is 38.2 Å². The van der Waals surface area contributed by atoms with E-state index in [1.54, 1.807) is 24.3 Å². The monoisotopic (exact) mass is 407 g/mol. The summed E-state index contributed by atoms with van der Waals surface area (Å²) < 4.78 is 30.8. The molecule has 1 amide bonds. The van der Waals surface area contributed by atoms with E-state index in [4.69, 9.17) is 4.74 Å². The zero-order valence-electron chi connectivity index (χ0n) is 15.7. The maximum atomic E-state index is 12.7. The number of nitrogens with one attached hydrogen (secondary N) is 1. The Morgan fingerprint density at radius 3 is 2.54 bits per heavy atom. The Hall–Kier alpha value is -3.14. The molecule has 2 aromatic rings. The van der Waals surface area contributed by atoms with Crippen molar-refractivity contribution in [2.24, 2.45) is 0 Å². The number of carbonyl (C=O) groups excluding carboxylic acids is 1. The summed E-state index contributed by atoms with van der Waals surface area (Å²) in [7, 11) is -3.89. The van der Waals surface area contributed by atoms with Crippen molar-refractivity contribution in [2.45, 2.75) is 19.9 Å². The Morgan fingerprint density at radius 1 is 1.25 bits per heavy atom. The number of hydrogen-bond donors (Lipinski definition) is 1. The molecule has 0 aliphatic heterocycles. The summed E-state index contributed by atoms with van der Waals surface area (Å²) in [6.45, 7) is 3.69. The van der Waals surface area contributed by atoms with Crippen LogP contribution in [0.25, 0.3) is 0 Å². The average molecular weight is 407 g/mol. The van der Waals surface area contributed by atoms with Crippen LogP contribution in [-0.2, 0) is 14.8 Å². The standard InChI is InChI=1S/C18H21N3O6S/c1-4-27-17-10-5-7-14(11-17)19-18(22)13(2)20(28(3,25)26)15-8-6-9-16(12-15)21(23)24/h5-13H,4H2,1-3H3,(H,19,22)/t13-/m1/s1. The van der Waals surface area contributed by atoms with Crippen LogP contribution in [0.1, 0.15) is 13.8 Å². The van der Waals surface area contributed by atoms with Crippen molar-refractivity contribution < 1.29 is 22.9 Å². The van der Waals surface area contributed by atoms with Gasteiger partial charge in [-0.05, 0) is 32.0 Å². The van der Waals surface area contributed by atoms with Gasteiger partial charge in [0.2, 0.25) is 15.9 Å². The third kappa shape index (κ3) is 5.19. The second kappa shape index (κ2) is 8.70. The molecule has 1 N–H and O–H groups in total. The zero-order valence-corrected chi connectivity index (χ0v) is 16.5. The fourth-order valence-electron chi connectivity index (χ4n) is 2.63. The molecule has 10 heteroatoms. The molecule has 0 fully saturated rings. The first-order chi connectivity index (χ1) is 13.1. The fourth-order valence-corrected chi connectivity index (χ4v) is 3.80. The molecule has 0 saturated heterocycles. The van der Waals surface area contributed by atoms with Gasteiger partial charge in [-0.15, -0.1) is 0 Å². The number of nitrogens with zero attached hydrogens (tertiary/aromatic N) is 2. The third-order valence-electron chi connectivity index (χ3n) is 3.80. The van der Waals surface area contributed by atoms with Gasteiger partial charge in [0.1, 0.15) is 11.8 Å². The molecule has 0 radical (unpaired) electrons. The number of nitro benzene ring substituents is 1. The predicted octanol–water partition coefficient (Wildman–Crippen LogP) is 2.79. The van der Waals surface area contributed by atoms with Crippen molar-refractivity contribution in [1.29, 1.82) is 0 Å². The lowest BCUT2D eigenvalue weighted by atomic mass is 10.2. The summed E-state index contributed by atoms with van der Waals surface area (Å²) in [6, 6.07) is 10.7. The van der Waals surface area contributed by atoms with Crippen LogP contribution in [0.2, 0.25) is 0 Å². The van der Waals surface area contributed by atoms with Crippen LogP contribution in [0.3, 0.4) is 0 Å². The van der Waals surface area contributed by atoms with E-state index >= 15 is 0 Å². The maximum Gasteiger partial charge on any atom is 0.271 e. The van der Waals surface area contributed by atoms with Gasteiger partial charge in [-0.3, -0.25) is 19.2 Å². The van der Waals surface area contributed by atoms with Gasteiger partial charge in [-0.25, -0.2) is 8.42 Å². The number of carbonyl (C=O) groups is 1. The zero-order chi connectivity index (χ0) is 20.9. The van der Waals surface area contributed by atoms with E-state index in [0.29, 0.717) is 18.0 Å². The summed E-state index contributed by atoms with van der Waals surface area (Å²) in [4.78, 5) is 23.0. The largest absolute Gasteiger partial charge is 0.494 e. The first kappa shape index (κ1) is 21.2. The van der Waals surface area contributed by atoms with Crippen LogP contribution in [0.5, 0.6) is 5.75 Å². The van der Waals surface area contributed by atoms with Gasteiger partial charge in [-0.2, -0.15) is 0 Å². The molecule has 1 atom stereocenters. The van der Waals surface area contributed by atoms with Gasteiger partial charge in [0, 0.05) is 23.9 Å². The van der Waals surface area contributed by atoms with E-state index in [9.17, 15) is 23.3 Å². The van der Waals surface area contributed by atoms with E-state index in [0.717, 1.165) is 16.6 Å². The first-order valence-electron chi connectivity index (χ1n) is 8.41. The number of ether oxygens (including phenoxy) is 1. The maximum absolute atomic E-state index is 12.7. The molecular weight excluding hydrogens is 386 g/mol. The predicted molar refractivity (Wildman–Crippen MR) is 106 cm³/mol. The second-order valence-corrected chi connectivity index (χ2v) is 7.82. The van der Waals surface area contributed by atoms with Gasteiger partial charge in [0.15, 0.2) is 0 Å². The highest BCUT2D eigenvalue weighted by Gasteiger charge is 2.30. The first-order valence-corrected chi connectivity index (χ1v) is 10.3. The van der Waals surface area contributed by atoms with Gasteiger partial charge in [0.25, 0.3) is 5.69 Å². The van der Waals surface area contributed by atoms with Crippen LogP contribution in [0, 0.1) is 10.1 Å².